The van der Waals surface area contributed by atoms with E-state index in [9.17, 15) is 5.11 Å². The van der Waals surface area contributed by atoms with E-state index in [-0.39, 0.29) is 24.6 Å². The van der Waals surface area contributed by atoms with Gasteiger partial charge in [0.05, 0.1) is 13.2 Å². The molecule has 0 aliphatic rings. The minimum atomic E-state index is -0.311. The fourth-order valence-corrected chi connectivity index (χ4v) is 2.18. The summed E-state index contributed by atoms with van der Waals surface area (Å²) in [5, 5.41) is 12.7. The average Bonchev–Trinajstić information content (AvgIpc) is 2.60. The molecule has 2 aromatic rings. The SMILES string of the molecule is CCOc1cc(CNC(C)(C)CO)ccc1OCc1ccccc1.Cl. The quantitative estimate of drug-likeness (QED) is 0.706. The highest BCUT2D eigenvalue weighted by Crippen LogP contribution is 2.29. The molecule has 0 spiro atoms. The van der Waals surface area contributed by atoms with Crippen LogP contribution in [0.4, 0.5) is 0 Å². The highest BCUT2D eigenvalue weighted by Gasteiger charge is 2.15. The van der Waals surface area contributed by atoms with Crippen molar-refractivity contribution in [3.63, 3.8) is 0 Å². The second-order valence-electron chi connectivity index (χ2n) is 6.38. The number of benzene rings is 2. The van der Waals surface area contributed by atoms with E-state index in [0.717, 1.165) is 22.6 Å². The van der Waals surface area contributed by atoms with Crippen LogP contribution < -0.4 is 14.8 Å². The van der Waals surface area contributed by atoms with Crippen molar-refractivity contribution in [1.29, 1.82) is 0 Å². The molecule has 5 heteroatoms. The van der Waals surface area contributed by atoms with Gasteiger partial charge in [-0.3, -0.25) is 0 Å². The van der Waals surface area contributed by atoms with Crippen molar-refractivity contribution in [2.24, 2.45) is 0 Å². The van der Waals surface area contributed by atoms with Crippen LogP contribution in [0.25, 0.3) is 0 Å². The van der Waals surface area contributed by atoms with Crippen LogP contribution >= 0.6 is 12.4 Å². The highest BCUT2D eigenvalue weighted by atomic mass is 35.5. The number of aliphatic hydroxyl groups is 1. The number of rotatable bonds is 9. The summed E-state index contributed by atoms with van der Waals surface area (Å²) in [7, 11) is 0. The molecule has 0 atom stereocenters. The normalized spacial score (nSPS) is 10.9. The second-order valence-corrected chi connectivity index (χ2v) is 6.38. The van der Waals surface area contributed by atoms with E-state index in [1.54, 1.807) is 0 Å². The van der Waals surface area contributed by atoms with E-state index in [2.05, 4.69) is 5.32 Å². The summed E-state index contributed by atoms with van der Waals surface area (Å²) in [5.74, 6) is 1.49. The van der Waals surface area contributed by atoms with Crippen LogP contribution in [0.2, 0.25) is 0 Å². The molecule has 0 aromatic heterocycles. The van der Waals surface area contributed by atoms with Gasteiger partial charge in [-0.05, 0) is 44.0 Å². The summed E-state index contributed by atoms with van der Waals surface area (Å²) >= 11 is 0. The Morgan fingerprint density at radius 1 is 0.960 bits per heavy atom. The maximum Gasteiger partial charge on any atom is 0.161 e. The van der Waals surface area contributed by atoms with Crippen LogP contribution in [0, 0.1) is 0 Å². The largest absolute Gasteiger partial charge is 0.490 e. The Hall–Kier alpha value is -1.75. The van der Waals surface area contributed by atoms with Crippen molar-refractivity contribution in [2.75, 3.05) is 13.2 Å². The molecule has 0 heterocycles. The number of aliphatic hydroxyl groups excluding tert-OH is 1. The minimum Gasteiger partial charge on any atom is -0.490 e. The van der Waals surface area contributed by atoms with E-state index in [1.165, 1.54) is 0 Å². The lowest BCUT2D eigenvalue weighted by molar-refractivity contribution is 0.187. The highest BCUT2D eigenvalue weighted by molar-refractivity contribution is 5.85. The molecule has 4 nitrogen and oxygen atoms in total. The zero-order valence-corrected chi connectivity index (χ0v) is 15.9. The summed E-state index contributed by atoms with van der Waals surface area (Å²) in [5.41, 5.74) is 1.90. The number of halogens is 1. The second kappa shape index (κ2) is 10.3. The maximum absolute atomic E-state index is 9.33. The van der Waals surface area contributed by atoms with Gasteiger partial charge in [0.15, 0.2) is 11.5 Å². The van der Waals surface area contributed by atoms with Crippen molar-refractivity contribution >= 4 is 12.4 Å². The number of hydrogen-bond acceptors (Lipinski definition) is 4. The fraction of sp³-hybridized carbons (Fsp3) is 0.400. The zero-order valence-electron chi connectivity index (χ0n) is 15.1. The molecule has 2 aromatic carbocycles. The molecule has 0 saturated carbocycles. The van der Waals surface area contributed by atoms with Crippen LogP contribution in [-0.4, -0.2) is 23.9 Å². The maximum atomic E-state index is 9.33. The first-order valence-electron chi connectivity index (χ1n) is 8.32. The molecule has 0 amide bonds. The topological polar surface area (TPSA) is 50.7 Å². The summed E-state index contributed by atoms with van der Waals surface area (Å²) in [4.78, 5) is 0. The smallest absolute Gasteiger partial charge is 0.161 e. The Kier molecular flexibility index (Phi) is 8.76. The summed E-state index contributed by atoms with van der Waals surface area (Å²) in [6, 6.07) is 16.0. The van der Waals surface area contributed by atoms with Gasteiger partial charge in [-0.1, -0.05) is 36.4 Å². The first-order valence-corrected chi connectivity index (χ1v) is 8.32. The van der Waals surface area contributed by atoms with Crippen LogP contribution in [0.3, 0.4) is 0 Å². The Bertz CT molecular complexity index is 632. The average molecular weight is 366 g/mol. The van der Waals surface area contributed by atoms with Gasteiger partial charge in [0.1, 0.15) is 6.61 Å². The van der Waals surface area contributed by atoms with Gasteiger partial charge in [-0.2, -0.15) is 0 Å². The summed E-state index contributed by atoms with van der Waals surface area (Å²) < 4.78 is 11.6. The van der Waals surface area contributed by atoms with E-state index < -0.39 is 0 Å². The van der Waals surface area contributed by atoms with Crippen molar-refractivity contribution < 1.29 is 14.6 Å². The third-order valence-electron chi connectivity index (χ3n) is 3.71. The molecule has 2 rings (SSSR count). The standard InChI is InChI=1S/C20H27NO3.ClH/c1-4-23-19-12-17(13-21-20(2,3)15-22)10-11-18(19)24-14-16-8-6-5-7-9-16;/h5-12,21-22H,4,13-15H2,1-3H3;1H. The predicted molar refractivity (Wildman–Crippen MR) is 104 cm³/mol. The molecule has 0 aliphatic carbocycles. The van der Waals surface area contributed by atoms with Crippen LogP contribution in [-0.2, 0) is 13.2 Å². The van der Waals surface area contributed by atoms with E-state index in [4.69, 9.17) is 9.47 Å². The van der Waals surface area contributed by atoms with Crippen LogP contribution in [0.15, 0.2) is 48.5 Å². The molecule has 0 saturated heterocycles. The summed E-state index contributed by atoms with van der Waals surface area (Å²) in [6.07, 6.45) is 0. The lowest BCUT2D eigenvalue weighted by Crippen LogP contribution is -2.42. The van der Waals surface area contributed by atoms with E-state index >= 15 is 0 Å². The lowest BCUT2D eigenvalue weighted by Gasteiger charge is -2.24. The van der Waals surface area contributed by atoms with Gasteiger partial charge in [0.25, 0.3) is 0 Å². The van der Waals surface area contributed by atoms with Crippen LogP contribution in [0.1, 0.15) is 31.9 Å². The van der Waals surface area contributed by atoms with Gasteiger partial charge in [-0.25, -0.2) is 0 Å². The first-order chi connectivity index (χ1) is 11.5. The van der Waals surface area contributed by atoms with Gasteiger partial charge >= 0.3 is 0 Å². The van der Waals surface area contributed by atoms with Gasteiger partial charge in [-0.15, -0.1) is 12.4 Å². The lowest BCUT2D eigenvalue weighted by atomic mass is 10.1. The molecule has 0 unspecified atom stereocenters. The number of ether oxygens (including phenoxy) is 2. The monoisotopic (exact) mass is 365 g/mol. The number of nitrogens with one attached hydrogen (secondary N) is 1. The van der Waals surface area contributed by atoms with Crippen molar-refractivity contribution in [3.8, 4) is 11.5 Å². The third-order valence-corrected chi connectivity index (χ3v) is 3.71. The Balaban J connectivity index is 0.00000312. The molecule has 138 valence electrons. The van der Waals surface area contributed by atoms with Crippen LogP contribution in [0.5, 0.6) is 11.5 Å². The molecule has 2 N–H and O–H groups in total. The van der Waals surface area contributed by atoms with Gasteiger partial charge in [0.2, 0.25) is 0 Å². The van der Waals surface area contributed by atoms with E-state index in [1.807, 2.05) is 69.3 Å². The molecule has 0 radical (unpaired) electrons. The number of hydrogen-bond donors (Lipinski definition) is 2. The minimum absolute atomic E-state index is 0. The Morgan fingerprint density at radius 2 is 1.68 bits per heavy atom. The van der Waals surface area contributed by atoms with Gasteiger partial charge in [0, 0.05) is 12.1 Å². The molecular formula is C20H28ClNO3. The molecule has 0 aliphatic heterocycles. The molecule has 25 heavy (non-hydrogen) atoms. The Morgan fingerprint density at radius 3 is 2.32 bits per heavy atom. The van der Waals surface area contributed by atoms with Crippen molar-refractivity contribution in [2.45, 2.75) is 39.5 Å². The third kappa shape index (κ3) is 6.94. The van der Waals surface area contributed by atoms with Crippen molar-refractivity contribution in [3.05, 3.63) is 59.7 Å². The molecule has 0 bridgehead atoms. The molecular weight excluding hydrogens is 338 g/mol. The first kappa shape index (κ1) is 21.3. The van der Waals surface area contributed by atoms with Crippen molar-refractivity contribution in [1.82, 2.24) is 5.32 Å². The van der Waals surface area contributed by atoms with E-state index in [0.29, 0.717) is 19.8 Å². The fourth-order valence-electron chi connectivity index (χ4n) is 2.18. The molecule has 0 fully saturated rings. The predicted octanol–water partition coefficient (Wildman–Crippen LogP) is 3.95. The Labute approximate surface area is 156 Å². The van der Waals surface area contributed by atoms with Gasteiger partial charge < -0.3 is 19.9 Å². The summed E-state index contributed by atoms with van der Waals surface area (Å²) in [6.45, 7) is 7.73. The zero-order chi connectivity index (χ0) is 17.4.